The second-order valence-electron chi connectivity index (χ2n) is 8.28. The summed E-state index contributed by atoms with van der Waals surface area (Å²) in [5.74, 6) is 0.102. The molecule has 3 heteroatoms. The molecule has 150 valence electrons. The van der Waals surface area contributed by atoms with Gasteiger partial charge in [0.05, 0.1) is 5.52 Å². The van der Waals surface area contributed by atoms with E-state index in [4.69, 9.17) is 0 Å². The summed E-state index contributed by atoms with van der Waals surface area (Å²) < 4.78 is 4.48. The second-order valence-corrected chi connectivity index (χ2v) is 8.28. The summed E-state index contributed by atoms with van der Waals surface area (Å²) in [5.41, 5.74) is 7.47. The molecule has 0 aliphatic rings. The van der Waals surface area contributed by atoms with Gasteiger partial charge in [-0.3, -0.25) is 4.98 Å². The Hall–Kier alpha value is -3.85. The van der Waals surface area contributed by atoms with Crippen LogP contribution in [0.3, 0.4) is 0 Å². The first-order valence-electron chi connectivity index (χ1n) is 10.6. The standard InChI is InChI=1S/C28H23N3/c1-30-17-23(20-10-4-7-13-26(20)30)28(22-15-16-29-25-12-6-3-9-19(22)25)24-18-31(2)27-14-8-5-11-21(24)27/h3-18,28H,1-2H3. The third kappa shape index (κ3) is 2.70. The third-order valence-corrected chi connectivity index (χ3v) is 6.47. The van der Waals surface area contributed by atoms with E-state index in [1.54, 1.807) is 0 Å². The van der Waals surface area contributed by atoms with Crippen LogP contribution in [0, 0.1) is 0 Å². The zero-order valence-corrected chi connectivity index (χ0v) is 17.7. The van der Waals surface area contributed by atoms with E-state index in [0.29, 0.717) is 0 Å². The number of benzene rings is 3. The van der Waals surface area contributed by atoms with E-state index in [2.05, 4.69) is 119 Å². The fraction of sp³-hybridized carbons (Fsp3) is 0.107. The van der Waals surface area contributed by atoms with Crippen molar-refractivity contribution in [2.75, 3.05) is 0 Å². The van der Waals surface area contributed by atoms with Crippen molar-refractivity contribution in [2.45, 2.75) is 5.92 Å². The molecular weight excluding hydrogens is 378 g/mol. The quantitative estimate of drug-likeness (QED) is 0.336. The largest absolute Gasteiger partial charge is 0.350 e. The minimum absolute atomic E-state index is 0.102. The van der Waals surface area contributed by atoms with Gasteiger partial charge in [-0.15, -0.1) is 0 Å². The number of nitrogens with zero attached hydrogens (tertiary/aromatic N) is 3. The van der Waals surface area contributed by atoms with Gasteiger partial charge in [0.1, 0.15) is 0 Å². The van der Waals surface area contributed by atoms with Gasteiger partial charge in [-0.2, -0.15) is 0 Å². The third-order valence-electron chi connectivity index (χ3n) is 6.47. The molecule has 0 bridgehead atoms. The molecule has 0 fully saturated rings. The van der Waals surface area contributed by atoms with Crippen LogP contribution in [-0.4, -0.2) is 14.1 Å². The lowest BCUT2D eigenvalue weighted by molar-refractivity contribution is 0.915. The van der Waals surface area contributed by atoms with Crippen molar-refractivity contribution >= 4 is 32.7 Å². The lowest BCUT2D eigenvalue weighted by atomic mass is 9.83. The Morgan fingerprint density at radius 3 is 1.71 bits per heavy atom. The number of aryl methyl sites for hydroxylation is 2. The maximum absolute atomic E-state index is 4.64. The predicted octanol–water partition coefficient (Wildman–Crippen LogP) is 6.40. The molecule has 0 aliphatic heterocycles. The first kappa shape index (κ1) is 18.0. The first-order valence-corrected chi connectivity index (χ1v) is 10.6. The molecule has 3 nitrogen and oxygen atoms in total. The van der Waals surface area contributed by atoms with Crippen molar-refractivity contribution in [1.29, 1.82) is 0 Å². The summed E-state index contributed by atoms with van der Waals surface area (Å²) in [6.07, 6.45) is 6.54. The maximum atomic E-state index is 4.64. The van der Waals surface area contributed by atoms with E-state index in [-0.39, 0.29) is 5.92 Å². The van der Waals surface area contributed by atoms with Crippen molar-refractivity contribution in [3.8, 4) is 0 Å². The van der Waals surface area contributed by atoms with Crippen LogP contribution in [0.2, 0.25) is 0 Å². The Balaban J connectivity index is 1.74. The van der Waals surface area contributed by atoms with Gasteiger partial charge in [-0.25, -0.2) is 0 Å². The monoisotopic (exact) mass is 401 g/mol. The smallest absolute Gasteiger partial charge is 0.0705 e. The van der Waals surface area contributed by atoms with Gasteiger partial charge in [0, 0.05) is 65.8 Å². The maximum Gasteiger partial charge on any atom is 0.0705 e. The van der Waals surface area contributed by atoms with E-state index in [1.165, 1.54) is 43.9 Å². The summed E-state index contributed by atoms with van der Waals surface area (Å²) in [7, 11) is 4.27. The zero-order valence-electron chi connectivity index (χ0n) is 17.7. The van der Waals surface area contributed by atoms with Crippen LogP contribution in [0.25, 0.3) is 32.7 Å². The highest BCUT2D eigenvalue weighted by atomic mass is 14.9. The Morgan fingerprint density at radius 1 is 0.581 bits per heavy atom. The molecule has 3 heterocycles. The highest BCUT2D eigenvalue weighted by Gasteiger charge is 2.26. The minimum Gasteiger partial charge on any atom is -0.350 e. The average Bonchev–Trinajstić information content (AvgIpc) is 3.32. The van der Waals surface area contributed by atoms with Crippen LogP contribution in [0.15, 0.2) is 97.5 Å². The predicted molar refractivity (Wildman–Crippen MR) is 129 cm³/mol. The van der Waals surface area contributed by atoms with Crippen molar-refractivity contribution in [3.05, 3.63) is 114 Å². The van der Waals surface area contributed by atoms with Gasteiger partial charge in [0.15, 0.2) is 0 Å². The van der Waals surface area contributed by atoms with Crippen LogP contribution in [0.4, 0.5) is 0 Å². The summed E-state index contributed by atoms with van der Waals surface area (Å²) in [6, 6.07) is 28.0. The number of para-hydroxylation sites is 3. The van der Waals surface area contributed by atoms with Crippen LogP contribution in [0.1, 0.15) is 22.6 Å². The van der Waals surface area contributed by atoms with Gasteiger partial charge in [-0.1, -0.05) is 54.6 Å². The molecule has 3 aromatic heterocycles. The zero-order chi connectivity index (χ0) is 20.9. The summed E-state index contributed by atoms with van der Waals surface area (Å²) in [6.45, 7) is 0. The fourth-order valence-electron chi connectivity index (χ4n) is 5.08. The molecule has 31 heavy (non-hydrogen) atoms. The van der Waals surface area contributed by atoms with Crippen molar-refractivity contribution < 1.29 is 0 Å². The Morgan fingerprint density at radius 2 is 1.10 bits per heavy atom. The number of aromatic nitrogens is 3. The van der Waals surface area contributed by atoms with Crippen molar-refractivity contribution in [3.63, 3.8) is 0 Å². The van der Waals surface area contributed by atoms with E-state index < -0.39 is 0 Å². The molecule has 0 saturated heterocycles. The number of pyridine rings is 1. The average molecular weight is 402 g/mol. The summed E-state index contributed by atoms with van der Waals surface area (Å²) >= 11 is 0. The fourth-order valence-corrected chi connectivity index (χ4v) is 5.08. The number of hydrogen-bond acceptors (Lipinski definition) is 1. The molecule has 0 amide bonds. The molecule has 6 aromatic rings. The summed E-state index contributed by atoms with van der Waals surface area (Å²) in [5, 5.41) is 3.79. The molecular formula is C28H23N3. The topological polar surface area (TPSA) is 22.8 Å². The molecule has 0 atom stereocenters. The molecule has 0 radical (unpaired) electrons. The van der Waals surface area contributed by atoms with Crippen LogP contribution >= 0.6 is 0 Å². The SMILES string of the molecule is Cn1cc(C(c2ccnc3ccccc23)c2cn(C)c3ccccc23)c2ccccc21. The van der Waals surface area contributed by atoms with Gasteiger partial charge in [0.2, 0.25) is 0 Å². The Bertz CT molecular complexity index is 1480. The normalized spacial score (nSPS) is 11.8. The van der Waals surface area contributed by atoms with E-state index >= 15 is 0 Å². The molecule has 3 aromatic carbocycles. The second kappa shape index (κ2) is 6.85. The van der Waals surface area contributed by atoms with Gasteiger partial charge in [0.25, 0.3) is 0 Å². The number of fused-ring (bicyclic) bond motifs is 3. The first-order chi connectivity index (χ1) is 15.2. The van der Waals surface area contributed by atoms with Gasteiger partial charge in [-0.05, 0) is 41.0 Å². The van der Waals surface area contributed by atoms with Gasteiger partial charge >= 0.3 is 0 Å². The Labute approximate surface area is 181 Å². The van der Waals surface area contributed by atoms with Gasteiger partial charge < -0.3 is 9.13 Å². The molecule has 0 aliphatic carbocycles. The van der Waals surface area contributed by atoms with Crippen molar-refractivity contribution in [2.24, 2.45) is 14.1 Å². The highest BCUT2D eigenvalue weighted by molar-refractivity contribution is 5.92. The highest BCUT2D eigenvalue weighted by Crippen LogP contribution is 2.42. The van der Waals surface area contributed by atoms with Crippen LogP contribution in [-0.2, 0) is 14.1 Å². The molecule has 0 spiro atoms. The molecule has 0 unspecified atom stereocenters. The van der Waals surface area contributed by atoms with Crippen LogP contribution in [0.5, 0.6) is 0 Å². The lowest BCUT2D eigenvalue weighted by Crippen LogP contribution is -2.04. The molecule has 0 saturated carbocycles. The lowest BCUT2D eigenvalue weighted by Gasteiger charge is -2.19. The minimum atomic E-state index is 0.102. The van der Waals surface area contributed by atoms with E-state index in [0.717, 1.165) is 5.52 Å². The summed E-state index contributed by atoms with van der Waals surface area (Å²) in [4.78, 5) is 4.64. The van der Waals surface area contributed by atoms with E-state index in [1.807, 2.05) is 6.20 Å². The van der Waals surface area contributed by atoms with E-state index in [9.17, 15) is 0 Å². The molecule has 6 rings (SSSR count). The van der Waals surface area contributed by atoms with Crippen LogP contribution < -0.4 is 0 Å². The molecule has 0 N–H and O–H groups in total. The Kier molecular flexibility index (Phi) is 3.97. The number of rotatable bonds is 3. The van der Waals surface area contributed by atoms with Crippen molar-refractivity contribution in [1.82, 2.24) is 14.1 Å². The number of hydrogen-bond donors (Lipinski definition) is 0.